The highest BCUT2D eigenvalue weighted by Gasteiger charge is 2.07. The maximum absolute atomic E-state index is 11.1. The maximum Gasteiger partial charge on any atom is 0.150 e. The van der Waals surface area contributed by atoms with Crippen LogP contribution in [0.1, 0.15) is 43.0 Å². The van der Waals surface area contributed by atoms with Crippen molar-refractivity contribution in [2.75, 3.05) is 21.5 Å². The SMILES string of the molecule is CF.CF.CF.ClCc1ccccc1.O=Cc1ccc(O)cc1.O=Cc1ccc(OCc2ccccc2)c(Cc2ccccc2)c1. The van der Waals surface area contributed by atoms with Gasteiger partial charge in [0.25, 0.3) is 0 Å². The van der Waals surface area contributed by atoms with Crippen LogP contribution in [0.2, 0.25) is 0 Å². The van der Waals surface area contributed by atoms with Gasteiger partial charge < -0.3 is 9.84 Å². The Hall–Kier alpha value is -4.88. The van der Waals surface area contributed by atoms with Crippen molar-refractivity contribution in [1.29, 1.82) is 0 Å². The summed E-state index contributed by atoms with van der Waals surface area (Å²) >= 11 is 5.53. The topological polar surface area (TPSA) is 63.6 Å². The molecule has 5 aromatic carbocycles. The van der Waals surface area contributed by atoms with Crippen LogP contribution in [0.5, 0.6) is 11.5 Å². The van der Waals surface area contributed by atoms with E-state index in [0.717, 1.165) is 35.9 Å². The van der Waals surface area contributed by atoms with Gasteiger partial charge in [-0.1, -0.05) is 91.0 Å². The highest BCUT2D eigenvalue weighted by atomic mass is 35.5. The second kappa shape index (κ2) is 27.7. The van der Waals surface area contributed by atoms with E-state index >= 15 is 0 Å². The number of benzene rings is 5. The monoisotopic (exact) mass is 652 g/mol. The standard InChI is InChI=1S/C21H18O2.C7H7Cl.C7H6O2.3CH3F/c22-15-19-11-12-21(23-16-18-9-5-2-6-10-18)20(14-19)13-17-7-3-1-4-8-17;8-6-7-4-2-1-3-5-7;8-5-6-1-3-7(9)4-2-6;3*1-2/h1-12,14-15H,13,16H2;1-5H,6H2;1-5,9H;3*1H3. The van der Waals surface area contributed by atoms with E-state index < -0.39 is 0 Å². The van der Waals surface area contributed by atoms with Crippen LogP contribution in [-0.2, 0) is 18.9 Å². The summed E-state index contributed by atoms with van der Waals surface area (Å²) in [5.41, 5.74) is 5.76. The number of aldehydes is 2. The van der Waals surface area contributed by atoms with Gasteiger partial charge in [0.05, 0.1) is 21.5 Å². The molecule has 0 radical (unpaired) electrons. The van der Waals surface area contributed by atoms with Gasteiger partial charge in [0.15, 0.2) is 0 Å². The molecular formula is C38H40ClF3O4. The fraction of sp³-hybridized carbons (Fsp3) is 0.158. The molecule has 0 unspecified atom stereocenters. The third-order valence-corrected chi connectivity index (χ3v) is 6.03. The molecular weight excluding hydrogens is 613 g/mol. The van der Waals surface area contributed by atoms with E-state index in [0.29, 0.717) is 45.1 Å². The van der Waals surface area contributed by atoms with Crippen molar-refractivity contribution in [3.05, 3.63) is 167 Å². The summed E-state index contributed by atoms with van der Waals surface area (Å²) in [5, 5.41) is 8.74. The average Bonchev–Trinajstić information content (AvgIpc) is 3.15. The maximum atomic E-state index is 11.1. The fourth-order valence-electron chi connectivity index (χ4n) is 3.62. The van der Waals surface area contributed by atoms with Crippen LogP contribution in [0.15, 0.2) is 133 Å². The Bertz CT molecular complexity index is 1440. The summed E-state index contributed by atoms with van der Waals surface area (Å²) < 4.78 is 34.5. The third-order valence-electron chi connectivity index (χ3n) is 5.72. The fourth-order valence-corrected chi connectivity index (χ4v) is 3.80. The molecule has 0 bridgehead atoms. The van der Waals surface area contributed by atoms with Crippen molar-refractivity contribution in [2.24, 2.45) is 0 Å². The molecule has 0 aliphatic heterocycles. The lowest BCUT2D eigenvalue weighted by Gasteiger charge is -2.12. The molecule has 0 saturated heterocycles. The minimum absolute atomic E-state index is 0.181. The molecule has 0 aromatic heterocycles. The number of halogens is 4. The number of phenolic OH excluding ortho intramolecular Hbond substituents is 1. The van der Waals surface area contributed by atoms with Gasteiger partial charge in [0.2, 0.25) is 0 Å². The minimum Gasteiger partial charge on any atom is -0.508 e. The number of rotatable bonds is 8. The number of alkyl halides is 4. The summed E-state index contributed by atoms with van der Waals surface area (Å²) in [6.45, 7) is 0.517. The summed E-state index contributed by atoms with van der Waals surface area (Å²) in [6.07, 6.45) is 2.35. The Morgan fingerprint density at radius 3 is 1.46 bits per heavy atom. The van der Waals surface area contributed by atoms with Crippen molar-refractivity contribution in [1.82, 2.24) is 0 Å². The molecule has 244 valence electrons. The van der Waals surface area contributed by atoms with E-state index in [1.165, 1.54) is 23.3 Å². The number of hydrogen-bond donors (Lipinski definition) is 1. The average molecular weight is 653 g/mol. The third kappa shape index (κ3) is 17.4. The van der Waals surface area contributed by atoms with E-state index in [1.807, 2.05) is 91.0 Å². The van der Waals surface area contributed by atoms with Crippen molar-refractivity contribution < 1.29 is 32.6 Å². The van der Waals surface area contributed by atoms with E-state index in [9.17, 15) is 22.8 Å². The Morgan fingerprint density at radius 2 is 1.02 bits per heavy atom. The summed E-state index contributed by atoms with van der Waals surface area (Å²) in [7, 11) is 1.50. The van der Waals surface area contributed by atoms with Crippen LogP contribution in [0.25, 0.3) is 0 Å². The van der Waals surface area contributed by atoms with Crippen molar-refractivity contribution >= 4 is 24.2 Å². The summed E-state index contributed by atoms with van der Waals surface area (Å²) in [5.74, 6) is 1.62. The van der Waals surface area contributed by atoms with Crippen molar-refractivity contribution in [3.8, 4) is 11.5 Å². The van der Waals surface area contributed by atoms with Crippen molar-refractivity contribution in [2.45, 2.75) is 18.9 Å². The number of carbonyl (C=O) groups excluding carboxylic acids is 2. The molecule has 5 aromatic rings. The number of phenols is 1. The second-order valence-electron chi connectivity index (χ2n) is 8.75. The largest absolute Gasteiger partial charge is 0.508 e. The van der Waals surface area contributed by atoms with E-state index in [1.54, 1.807) is 18.2 Å². The molecule has 5 rings (SSSR count). The Morgan fingerprint density at radius 1 is 0.587 bits per heavy atom. The highest BCUT2D eigenvalue weighted by molar-refractivity contribution is 6.17. The normalized spacial score (nSPS) is 8.85. The van der Waals surface area contributed by atoms with Crippen LogP contribution < -0.4 is 4.74 Å². The van der Waals surface area contributed by atoms with Crippen LogP contribution in [0, 0.1) is 0 Å². The zero-order chi connectivity index (χ0) is 34.4. The predicted octanol–water partition coefficient (Wildman–Crippen LogP) is 10.1. The van der Waals surface area contributed by atoms with Gasteiger partial charge in [0, 0.05) is 23.4 Å². The first-order chi connectivity index (χ1) is 22.6. The van der Waals surface area contributed by atoms with Gasteiger partial charge in [-0.05, 0) is 64.7 Å². The highest BCUT2D eigenvalue weighted by Crippen LogP contribution is 2.24. The minimum atomic E-state index is 0.181. The zero-order valence-electron chi connectivity index (χ0n) is 26.2. The van der Waals surface area contributed by atoms with Gasteiger partial charge in [-0.3, -0.25) is 22.8 Å². The molecule has 0 aliphatic rings. The molecule has 0 heterocycles. The second-order valence-corrected chi connectivity index (χ2v) is 9.02. The predicted molar refractivity (Wildman–Crippen MR) is 182 cm³/mol. The molecule has 46 heavy (non-hydrogen) atoms. The smallest absolute Gasteiger partial charge is 0.150 e. The molecule has 0 amide bonds. The van der Waals surface area contributed by atoms with Gasteiger partial charge in [-0.25, -0.2) is 0 Å². The first kappa shape index (κ1) is 41.1. The summed E-state index contributed by atoms with van der Waals surface area (Å²) in [4.78, 5) is 21.1. The number of carbonyl (C=O) groups is 2. The quantitative estimate of drug-likeness (QED) is 0.134. The van der Waals surface area contributed by atoms with Gasteiger partial charge in [-0.15, -0.1) is 11.6 Å². The molecule has 0 spiro atoms. The molecule has 0 fully saturated rings. The van der Waals surface area contributed by atoms with E-state index in [-0.39, 0.29) is 5.75 Å². The lowest BCUT2D eigenvalue weighted by Crippen LogP contribution is -2.00. The van der Waals surface area contributed by atoms with Crippen molar-refractivity contribution in [3.63, 3.8) is 0 Å². The Kier molecular flexibility index (Phi) is 24.7. The van der Waals surface area contributed by atoms with E-state index in [4.69, 9.17) is 21.4 Å². The lowest BCUT2D eigenvalue weighted by atomic mass is 10.0. The number of hydrogen-bond acceptors (Lipinski definition) is 4. The van der Waals surface area contributed by atoms with Gasteiger partial charge >= 0.3 is 0 Å². The molecule has 0 aliphatic carbocycles. The Labute approximate surface area is 275 Å². The lowest BCUT2D eigenvalue weighted by molar-refractivity contribution is 0.111. The number of aromatic hydroxyl groups is 1. The number of ether oxygens (including phenoxy) is 1. The molecule has 0 saturated carbocycles. The van der Waals surface area contributed by atoms with Gasteiger partial charge in [-0.2, -0.15) is 0 Å². The van der Waals surface area contributed by atoms with Crippen LogP contribution in [-0.4, -0.2) is 39.2 Å². The molecule has 0 atom stereocenters. The van der Waals surface area contributed by atoms with Gasteiger partial charge in [0.1, 0.15) is 30.7 Å². The first-order valence-electron chi connectivity index (χ1n) is 13.9. The molecule has 4 nitrogen and oxygen atoms in total. The van der Waals surface area contributed by atoms with E-state index in [2.05, 4.69) is 12.1 Å². The zero-order valence-corrected chi connectivity index (χ0v) is 26.9. The van der Waals surface area contributed by atoms with Crippen LogP contribution in [0.3, 0.4) is 0 Å². The first-order valence-corrected chi connectivity index (χ1v) is 14.4. The van der Waals surface area contributed by atoms with Crippen LogP contribution >= 0.6 is 11.6 Å². The molecule has 1 N–H and O–H groups in total. The Balaban J connectivity index is 0.000000724. The van der Waals surface area contributed by atoms with Crippen LogP contribution in [0.4, 0.5) is 13.2 Å². The summed E-state index contributed by atoms with van der Waals surface area (Å²) in [6, 6.07) is 41.9. The molecule has 8 heteroatoms.